The number of carbonyl (C=O) groups is 2. The minimum absolute atomic E-state index is 0.0575. The van der Waals surface area contributed by atoms with Crippen molar-refractivity contribution in [1.82, 2.24) is 4.98 Å². The minimum Gasteiger partial charge on any atom is -0.397 e. The number of aromatic nitrogens is 1. The zero-order valence-electron chi connectivity index (χ0n) is 11.6. The summed E-state index contributed by atoms with van der Waals surface area (Å²) in [6, 6.07) is 10.0. The lowest BCUT2D eigenvalue weighted by molar-refractivity contribution is -0.115. The quantitative estimate of drug-likeness (QED) is 0.802. The molecule has 1 aromatic heterocycles. The van der Waals surface area contributed by atoms with Crippen molar-refractivity contribution in [2.45, 2.75) is 13.3 Å². The third-order valence-corrected chi connectivity index (χ3v) is 2.77. The number of nitrogens with one attached hydrogen (secondary N) is 2. The van der Waals surface area contributed by atoms with Crippen LogP contribution in [0.3, 0.4) is 0 Å². The Hall–Kier alpha value is -2.89. The van der Waals surface area contributed by atoms with E-state index in [9.17, 15) is 9.59 Å². The fourth-order valence-electron chi connectivity index (χ4n) is 1.62. The molecule has 2 aromatic rings. The zero-order valence-corrected chi connectivity index (χ0v) is 11.6. The number of hydrogen-bond acceptors (Lipinski definition) is 4. The van der Waals surface area contributed by atoms with Gasteiger partial charge in [0.15, 0.2) is 0 Å². The molecule has 0 fully saturated rings. The number of hydrogen-bond donors (Lipinski definition) is 3. The van der Waals surface area contributed by atoms with Gasteiger partial charge in [-0.3, -0.25) is 9.59 Å². The maximum Gasteiger partial charge on any atom is 0.274 e. The van der Waals surface area contributed by atoms with Gasteiger partial charge in [0.2, 0.25) is 5.91 Å². The molecule has 2 rings (SSSR count). The summed E-state index contributed by atoms with van der Waals surface area (Å²) in [6.45, 7) is 1.78. The molecule has 0 radical (unpaired) electrons. The fourth-order valence-corrected chi connectivity index (χ4v) is 1.62. The van der Waals surface area contributed by atoms with Gasteiger partial charge >= 0.3 is 0 Å². The predicted octanol–water partition coefficient (Wildman–Crippen LogP) is 2.26. The van der Waals surface area contributed by atoms with Crippen LogP contribution in [0, 0.1) is 0 Å². The summed E-state index contributed by atoms with van der Waals surface area (Å²) in [5, 5.41) is 5.45. The lowest BCUT2D eigenvalue weighted by Gasteiger charge is -2.07. The number of rotatable bonds is 4. The zero-order chi connectivity index (χ0) is 15.2. The highest BCUT2D eigenvalue weighted by Gasteiger charge is 2.07. The van der Waals surface area contributed by atoms with Crippen LogP contribution in [0.2, 0.25) is 0 Å². The highest BCUT2D eigenvalue weighted by Crippen LogP contribution is 2.14. The van der Waals surface area contributed by atoms with Crippen molar-refractivity contribution in [2.75, 3.05) is 16.4 Å². The topological polar surface area (TPSA) is 97.1 Å². The van der Waals surface area contributed by atoms with E-state index in [1.807, 2.05) is 0 Å². The Kier molecular flexibility index (Phi) is 4.50. The summed E-state index contributed by atoms with van der Waals surface area (Å²) in [6.07, 6.45) is 1.85. The molecule has 0 aliphatic carbocycles. The van der Waals surface area contributed by atoms with E-state index >= 15 is 0 Å². The van der Waals surface area contributed by atoms with Gasteiger partial charge in [-0.25, -0.2) is 4.98 Å². The molecule has 4 N–H and O–H groups in total. The smallest absolute Gasteiger partial charge is 0.274 e. The van der Waals surface area contributed by atoms with E-state index < -0.39 is 0 Å². The van der Waals surface area contributed by atoms with Crippen molar-refractivity contribution < 1.29 is 9.59 Å². The van der Waals surface area contributed by atoms with Crippen LogP contribution >= 0.6 is 0 Å². The first-order valence-corrected chi connectivity index (χ1v) is 6.51. The third kappa shape index (κ3) is 4.04. The molecule has 1 aromatic carbocycles. The number of anilines is 3. The van der Waals surface area contributed by atoms with Crippen molar-refractivity contribution in [1.29, 1.82) is 0 Å². The normalized spacial score (nSPS) is 9.95. The van der Waals surface area contributed by atoms with Gasteiger partial charge in [0.05, 0.1) is 11.9 Å². The Morgan fingerprint density at radius 3 is 2.19 bits per heavy atom. The highest BCUT2D eigenvalue weighted by atomic mass is 16.2. The molecule has 0 atom stereocenters. The van der Waals surface area contributed by atoms with E-state index in [0.717, 1.165) is 0 Å². The van der Waals surface area contributed by atoms with Crippen LogP contribution in [-0.4, -0.2) is 16.8 Å². The van der Waals surface area contributed by atoms with Gasteiger partial charge in [-0.05, 0) is 36.4 Å². The number of benzene rings is 1. The van der Waals surface area contributed by atoms with Gasteiger partial charge in [-0.1, -0.05) is 6.92 Å². The molecule has 0 saturated heterocycles. The second-order valence-corrected chi connectivity index (χ2v) is 4.41. The molecule has 0 aliphatic heterocycles. The number of nitrogen functional groups attached to an aromatic ring is 1. The first kappa shape index (κ1) is 14.5. The van der Waals surface area contributed by atoms with Crippen molar-refractivity contribution in [3.8, 4) is 0 Å². The van der Waals surface area contributed by atoms with Crippen molar-refractivity contribution >= 4 is 28.9 Å². The lowest BCUT2D eigenvalue weighted by atomic mass is 10.2. The van der Waals surface area contributed by atoms with E-state index in [4.69, 9.17) is 5.73 Å². The lowest BCUT2D eigenvalue weighted by Crippen LogP contribution is -2.14. The standard InChI is InChI=1S/C15H16N4O2/c1-2-14(20)18-11-4-6-12(7-5-11)19-15(21)13-8-3-10(16)9-17-13/h3-9H,2,16H2,1H3,(H,18,20)(H,19,21). The van der Waals surface area contributed by atoms with E-state index in [-0.39, 0.29) is 17.5 Å². The van der Waals surface area contributed by atoms with Crippen LogP contribution in [0.25, 0.3) is 0 Å². The molecule has 0 unspecified atom stereocenters. The highest BCUT2D eigenvalue weighted by molar-refractivity contribution is 6.03. The SMILES string of the molecule is CCC(=O)Nc1ccc(NC(=O)c2ccc(N)cn2)cc1. The van der Waals surface area contributed by atoms with E-state index in [2.05, 4.69) is 15.6 Å². The molecule has 1 heterocycles. The van der Waals surface area contributed by atoms with Crippen LogP contribution in [0.4, 0.5) is 17.1 Å². The van der Waals surface area contributed by atoms with Gasteiger partial charge in [-0.2, -0.15) is 0 Å². The molecule has 108 valence electrons. The largest absolute Gasteiger partial charge is 0.397 e. The molecular formula is C15H16N4O2. The maximum atomic E-state index is 12.0. The number of nitrogens with two attached hydrogens (primary N) is 1. The van der Waals surface area contributed by atoms with Gasteiger partial charge in [0.25, 0.3) is 5.91 Å². The second-order valence-electron chi connectivity index (χ2n) is 4.41. The Morgan fingerprint density at radius 2 is 1.67 bits per heavy atom. The van der Waals surface area contributed by atoms with Crippen LogP contribution in [0.15, 0.2) is 42.6 Å². The van der Waals surface area contributed by atoms with Crippen LogP contribution < -0.4 is 16.4 Å². The second kappa shape index (κ2) is 6.51. The summed E-state index contributed by atoms with van der Waals surface area (Å²) in [4.78, 5) is 27.2. The van der Waals surface area contributed by atoms with E-state index in [1.54, 1.807) is 43.3 Å². The summed E-state index contributed by atoms with van der Waals surface area (Å²) in [5.41, 5.74) is 7.61. The Balaban J connectivity index is 2.01. The van der Waals surface area contributed by atoms with Gasteiger partial charge in [0, 0.05) is 17.8 Å². The number of carbonyl (C=O) groups excluding carboxylic acids is 2. The maximum absolute atomic E-state index is 12.0. The number of nitrogens with zero attached hydrogens (tertiary/aromatic N) is 1. The van der Waals surface area contributed by atoms with Crippen molar-refractivity contribution in [2.24, 2.45) is 0 Å². The summed E-state index contributed by atoms with van der Waals surface area (Å²) >= 11 is 0. The average Bonchev–Trinajstić information content (AvgIpc) is 2.49. The Labute approximate surface area is 122 Å². The Morgan fingerprint density at radius 1 is 1.05 bits per heavy atom. The summed E-state index contributed by atoms with van der Waals surface area (Å²) < 4.78 is 0. The molecule has 0 aliphatic rings. The van der Waals surface area contributed by atoms with Crippen molar-refractivity contribution in [3.05, 3.63) is 48.3 Å². The Bertz CT molecular complexity index is 636. The third-order valence-electron chi connectivity index (χ3n) is 2.77. The first-order valence-electron chi connectivity index (χ1n) is 6.51. The fraction of sp³-hybridized carbons (Fsp3) is 0.133. The molecule has 6 nitrogen and oxygen atoms in total. The minimum atomic E-state index is -0.319. The molecule has 0 spiro atoms. The molecule has 0 saturated carbocycles. The monoisotopic (exact) mass is 284 g/mol. The first-order chi connectivity index (χ1) is 10.1. The van der Waals surface area contributed by atoms with Gasteiger partial charge in [0.1, 0.15) is 5.69 Å². The molecular weight excluding hydrogens is 268 g/mol. The van der Waals surface area contributed by atoms with E-state index in [0.29, 0.717) is 23.5 Å². The summed E-state index contributed by atoms with van der Waals surface area (Å²) in [5.74, 6) is -0.377. The van der Waals surface area contributed by atoms with Gasteiger partial charge in [-0.15, -0.1) is 0 Å². The molecule has 2 amide bonds. The average molecular weight is 284 g/mol. The van der Waals surface area contributed by atoms with E-state index in [1.165, 1.54) is 6.20 Å². The van der Waals surface area contributed by atoms with Crippen LogP contribution in [0.1, 0.15) is 23.8 Å². The molecule has 0 bridgehead atoms. The molecule has 21 heavy (non-hydrogen) atoms. The summed E-state index contributed by atoms with van der Waals surface area (Å²) in [7, 11) is 0. The predicted molar refractivity (Wildman–Crippen MR) is 82.0 cm³/mol. The molecule has 6 heteroatoms. The van der Waals surface area contributed by atoms with Gasteiger partial charge < -0.3 is 16.4 Å². The van der Waals surface area contributed by atoms with Crippen molar-refractivity contribution in [3.63, 3.8) is 0 Å². The number of pyridine rings is 1. The van der Waals surface area contributed by atoms with Crippen LogP contribution in [0.5, 0.6) is 0 Å². The number of amides is 2. The van der Waals surface area contributed by atoms with Crippen LogP contribution in [-0.2, 0) is 4.79 Å².